The molecule has 9 heteroatoms. The number of rotatable bonds is 4. The number of amides is 1. The van der Waals surface area contributed by atoms with Crippen molar-refractivity contribution in [1.29, 1.82) is 0 Å². The molecular formula is C20H17ClF3NO3S. The summed E-state index contributed by atoms with van der Waals surface area (Å²) in [5.74, 6) is -5.13. The van der Waals surface area contributed by atoms with Gasteiger partial charge in [0.05, 0.1) is 15.2 Å². The van der Waals surface area contributed by atoms with Crippen LogP contribution in [0.5, 0.6) is 0 Å². The molecule has 29 heavy (non-hydrogen) atoms. The molecule has 154 valence electrons. The second kappa shape index (κ2) is 7.32. The van der Waals surface area contributed by atoms with Crippen LogP contribution in [-0.2, 0) is 9.84 Å². The van der Waals surface area contributed by atoms with Crippen molar-refractivity contribution in [2.45, 2.75) is 35.8 Å². The molecule has 2 aliphatic rings. The Bertz CT molecular complexity index is 1060. The van der Waals surface area contributed by atoms with Gasteiger partial charge in [0.25, 0.3) is 5.91 Å². The van der Waals surface area contributed by atoms with Crippen molar-refractivity contribution in [1.82, 2.24) is 0 Å². The molecule has 0 unspecified atom stereocenters. The van der Waals surface area contributed by atoms with E-state index in [0.717, 1.165) is 25.7 Å². The summed E-state index contributed by atoms with van der Waals surface area (Å²) in [5.41, 5.74) is -0.331. The topological polar surface area (TPSA) is 63.2 Å². The van der Waals surface area contributed by atoms with Gasteiger partial charge >= 0.3 is 0 Å². The van der Waals surface area contributed by atoms with Crippen LogP contribution in [0.25, 0.3) is 0 Å². The summed E-state index contributed by atoms with van der Waals surface area (Å²) >= 11 is 6.15. The lowest BCUT2D eigenvalue weighted by atomic mass is 10.0. The Hall–Kier alpha value is -2.06. The Kier molecular flexibility index (Phi) is 5.11. The van der Waals surface area contributed by atoms with Crippen LogP contribution in [-0.4, -0.2) is 19.6 Å². The van der Waals surface area contributed by atoms with Crippen LogP contribution in [0, 0.1) is 29.3 Å². The minimum atomic E-state index is -3.73. The number of hydrogen-bond donors (Lipinski definition) is 1. The fourth-order valence-corrected chi connectivity index (χ4v) is 7.46. The second-order valence-corrected chi connectivity index (χ2v) is 10.0. The predicted molar refractivity (Wildman–Crippen MR) is 102 cm³/mol. The smallest absolute Gasteiger partial charge is 0.255 e. The van der Waals surface area contributed by atoms with E-state index in [2.05, 4.69) is 5.32 Å². The van der Waals surface area contributed by atoms with E-state index in [-0.39, 0.29) is 33.0 Å². The fourth-order valence-electron chi connectivity index (χ4n) is 4.53. The zero-order valence-corrected chi connectivity index (χ0v) is 16.7. The largest absolute Gasteiger partial charge is 0.322 e. The van der Waals surface area contributed by atoms with Gasteiger partial charge in [-0.1, -0.05) is 11.6 Å². The molecule has 1 N–H and O–H groups in total. The molecule has 0 heterocycles. The van der Waals surface area contributed by atoms with Gasteiger partial charge in [0.15, 0.2) is 27.3 Å². The molecule has 4 nitrogen and oxygen atoms in total. The number of nitrogens with one attached hydrogen (secondary N) is 1. The maximum Gasteiger partial charge on any atom is 0.255 e. The van der Waals surface area contributed by atoms with Gasteiger partial charge < -0.3 is 5.32 Å². The van der Waals surface area contributed by atoms with Crippen LogP contribution in [0.2, 0.25) is 5.02 Å². The highest BCUT2D eigenvalue weighted by atomic mass is 35.5. The van der Waals surface area contributed by atoms with Gasteiger partial charge in [0.2, 0.25) is 0 Å². The summed E-state index contributed by atoms with van der Waals surface area (Å²) in [6.07, 6.45) is 3.48. The first-order valence-electron chi connectivity index (χ1n) is 9.18. The second-order valence-electron chi connectivity index (χ2n) is 7.54. The molecule has 2 aromatic carbocycles. The maximum absolute atomic E-state index is 13.4. The number of fused-ring (bicyclic) bond motifs is 2. The van der Waals surface area contributed by atoms with E-state index < -0.39 is 38.4 Å². The maximum atomic E-state index is 13.4. The van der Waals surface area contributed by atoms with Crippen LogP contribution in [0.3, 0.4) is 0 Å². The Morgan fingerprint density at radius 1 is 0.966 bits per heavy atom. The summed E-state index contributed by atoms with van der Waals surface area (Å²) < 4.78 is 66.2. The third kappa shape index (κ3) is 3.53. The fraction of sp³-hybridized carbons (Fsp3) is 0.350. The van der Waals surface area contributed by atoms with Gasteiger partial charge in [-0.15, -0.1) is 0 Å². The third-order valence-electron chi connectivity index (χ3n) is 5.85. The molecule has 0 atom stereocenters. The van der Waals surface area contributed by atoms with Crippen LogP contribution in [0.15, 0.2) is 35.2 Å². The Balaban J connectivity index is 1.64. The standard InChI is InChI=1S/C20H17ClF3NO3S/c21-14-6-5-12(20(26)25-13-8-15(22)18(24)16(23)9-13)7-17(14)29(27,28)19-10-1-2-11(19)4-3-10/h5-11,19H,1-4H2,(H,25,26). The van der Waals surface area contributed by atoms with Crippen molar-refractivity contribution in [2.24, 2.45) is 11.8 Å². The highest BCUT2D eigenvalue weighted by Crippen LogP contribution is 2.50. The van der Waals surface area contributed by atoms with E-state index in [1.54, 1.807) is 0 Å². The Morgan fingerprint density at radius 3 is 2.07 bits per heavy atom. The predicted octanol–water partition coefficient (Wildman–Crippen LogP) is 4.97. The summed E-state index contributed by atoms with van der Waals surface area (Å²) in [6.45, 7) is 0. The van der Waals surface area contributed by atoms with E-state index in [1.165, 1.54) is 18.2 Å². The van der Waals surface area contributed by atoms with E-state index in [9.17, 15) is 26.4 Å². The first-order chi connectivity index (χ1) is 13.7. The van der Waals surface area contributed by atoms with E-state index in [4.69, 9.17) is 11.6 Å². The van der Waals surface area contributed by atoms with Crippen molar-refractivity contribution in [3.05, 3.63) is 58.4 Å². The molecule has 0 aliphatic heterocycles. The first-order valence-corrected chi connectivity index (χ1v) is 11.1. The SMILES string of the molecule is O=C(Nc1cc(F)c(F)c(F)c1)c1ccc(Cl)c(S(=O)(=O)C2C3CCC2CC3)c1. The molecule has 0 saturated heterocycles. The van der Waals surface area contributed by atoms with Crippen molar-refractivity contribution in [3.8, 4) is 0 Å². The average molecular weight is 444 g/mol. The molecule has 2 aliphatic carbocycles. The number of halogens is 4. The number of carbonyl (C=O) groups excluding carboxylic acids is 1. The summed E-state index contributed by atoms with van der Waals surface area (Å²) in [7, 11) is -3.73. The molecule has 1 amide bonds. The van der Waals surface area contributed by atoms with Gasteiger partial charge in [0, 0.05) is 23.4 Å². The molecule has 2 fully saturated rings. The molecule has 2 saturated carbocycles. The number of benzene rings is 2. The van der Waals surface area contributed by atoms with Crippen molar-refractivity contribution in [3.63, 3.8) is 0 Å². The lowest BCUT2D eigenvalue weighted by Gasteiger charge is -2.18. The number of anilines is 1. The summed E-state index contributed by atoms with van der Waals surface area (Å²) in [6, 6.07) is 5.09. The van der Waals surface area contributed by atoms with Crippen LogP contribution >= 0.6 is 11.6 Å². The van der Waals surface area contributed by atoms with E-state index >= 15 is 0 Å². The van der Waals surface area contributed by atoms with Gasteiger partial charge in [-0.3, -0.25) is 4.79 Å². The van der Waals surface area contributed by atoms with Gasteiger partial charge in [-0.25, -0.2) is 21.6 Å². The number of hydrogen-bond acceptors (Lipinski definition) is 3. The van der Waals surface area contributed by atoms with E-state index in [0.29, 0.717) is 12.1 Å². The number of carbonyl (C=O) groups is 1. The number of sulfone groups is 1. The molecule has 2 aromatic rings. The molecule has 2 bridgehead atoms. The first kappa shape index (κ1) is 20.2. The normalized spacial score (nSPS) is 23.4. The van der Waals surface area contributed by atoms with Gasteiger partial charge in [-0.05, 0) is 55.7 Å². The van der Waals surface area contributed by atoms with Crippen molar-refractivity contribution >= 4 is 33.0 Å². The van der Waals surface area contributed by atoms with Crippen LogP contribution in [0.1, 0.15) is 36.0 Å². The Morgan fingerprint density at radius 2 is 1.52 bits per heavy atom. The molecule has 0 aromatic heterocycles. The molecule has 4 rings (SSSR count). The molecule has 0 radical (unpaired) electrons. The monoisotopic (exact) mass is 443 g/mol. The average Bonchev–Trinajstić information content (AvgIpc) is 3.27. The lowest BCUT2D eigenvalue weighted by molar-refractivity contribution is 0.102. The van der Waals surface area contributed by atoms with Crippen molar-refractivity contribution < 1.29 is 26.4 Å². The molecular weight excluding hydrogens is 427 g/mol. The quantitative estimate of drug-likeness (QED) is 0.678. The zero-order valence-electron chi connectivity index (χ0n) is 15.1. The summed E-state index contributed by atoms with van der Waals surface area (Å²) in [4.78, 5) is 12.4. The van der Waals surface area contributed by atoms with Gasteiger partial charge in [0.1, 0.15) is 0 Å². The zero-order chi connectivity index (χ0) is 20.9. The minimum Gasteiger partial charge on any atom is -0.322 e. The van der Waals surface area contributed by atoms with Gasteiger partial charge in [-0.2, -0.15) is 0 Å². The third-order valence-corrected chi connectivity index (χ3v) is 8.72. The van der Waals surface area contributed by atoms with E-state index in [1.807, 2.05) is 0 Å². The molecule has 0 spiro atoms. The highest BCUT2D eigenvalue weighted by molar-refractivity contribution is 7.92. The highest BCUT2D eigenvalue weighted by Gasteiger charge is 2.49. The summed E-state index contributed by atoms with van der Waals surface area (Å²) in [5, 5.41) is 1.76. The minimum absolute atomic E-state index is 0.0201. The lowest BCUT2D eigenvalue weighted by Crippen LogP contribution is -2.26. The van der Waals surface area contributed by atoms with Crippen molar-refractivity contribution in [2.75, 3.05) is 5.32 Å². The Labute approximate surface area is 171 Å². The van der Waals surface area contributed by atoms with Crippen LogP contribution < -0.4 is 5.32 Å². The van der Waals surface area contributed by atoms with Crippen LogP contribution in [0.4, 0.5) is 18.9 Å².